The van der Waals surface area contributed by atoms with Crippen LogP contribution in [0.5, 0.6) is 0 Å². The topological polar surface area (TPSA) is 30.7 Å². The van der Waals surface area contributed by atoms with Crippen molar-refractivity contribution in [2.75, 3.05) is 0 Å². The molecule has 0 saturated heterocycles. The van der Waals surface area contributed by atoms with Gasteiger partial charge in [0.15, 0.2) is 0 Å². The number of hydrogen-bond donors (Lipinski definition) is 0. The van der Waals surface area contributed by atoms with Crippen LogP contribution in [0.4, 0.5) is 0 Å². The lowest BCUT2D eigenvalue weighted by Crippen LogP contribution is -2.21. The molecule has 2 heterocycles. The van der Waals surface area contributed by atoms with Crippen LogP contribution >= 0.6 is 0 Å². The predicted molar refractivity (Wildman–Crippen MR) is 71.2 cm³/mol. The molecule has 0 atom stereocenters. The summed E-state index contributed by atoms with van der Waals surface area (Å²) in [7, 11) is 0. The van der Waals surface area contributed by atoms with E-state index >= 15 is 0 Å². The van der Waals surface area contributed by atoms with Gasteiger partial charge in [-0.15, -0.1) is 0 Å². The van der Waals surface area contributed by atoms with E-state index in [9.17, 15) is 0 Å². The van der Waals surface area contributed by atoms with Gasteiger partial charge in [-0.1, -0.05) is 20.8 Å². The summed E-state index contributed by atoms with van der Waals surface area (Å²) in [6.07, 6.45) is 3.80. The van der Waals surface area contributed by atoms with Gasteiger partial charge in [0.05, 0.1) is 17.5 Å². The fourth-order valence-electron chi connectivity index (χ4n) is 2.03. The first-order valence-electron chi connectivity index (χ1n) is 6.04. The second-order valence-corrected chi connectivity index (χ2v) is 6.56. The average Bonchev–Trinajstić information content (AvgIpc) is 2.57. The molecule has 92 valence electrons. The third-order valence-corrected chi connectivity index (χ3v) is 2.90. The number of rotatable bonds is 0. The summed E-state index contributed by atoms with van der Waals surface area (Å²) < 4.78 is 2.21. The predicted octanol–water partition coefficient (Wildman–Crippen LogP) is 3.48. The molecule has 0 aromatic carbocycles. The fourth-order valence-corrected chi connectivity index (χ4v) is 2.03. The Balaban J connectivity index is 2.74. The smallest absolute Gasteiger partial charge is 0.110 e. The van der Waals surface area contributed by atoms with Gasteiger partial charge < -0.3 is 4.57 Å². The van der Waals surface area contributed by atoms with Crippen LogP contribution in [0.3, 0.4) is 0 Å². The van der Waals surface area contributed by atoms with Gasteiger partial charge in [-0.25, -0.2) is 4.98 Å². The summed E-state index contributed by atoms with van der Waals surface area (Å²) in [6.45, 7) is 13.1. The monoisotopic (exact) mass is 231 g/mol. The van der Waals surface area contributed by atoms with Crippen molar-refractivity contribution in [2.45, 2.75) is 52.5 Å². The van der Waals surface area contributed by atoms with Gasteiger partial charge in [-0.05, 0) is 26.8 Å². The van der Waals surface area contributed by atoms with Gasteiger partial charge in [-0.3, -0.25) is 4.98 Å². The second-order valence-electron chi connectivity index (χ2n) is 6.56. The molecule has 0 unspecified atom stereocenters. The molecule has 0 radical (unpaired) electrons. The minimum atomic E-state index is 0.0244. The molecule has 0 bridgehead atoms. The molecular formula is C14H21N3. The summed E-state index contributed by atoms with van der Waals surface area (Å²) in [5, 5.41) is 0. The van der Waals surface area contributed by atoms with Gasteiger partial charge in [-0.2, -0.15) is 0 Å². The van der Waals surface area contributed by atoms with E-state index in [1.165, 1.54) is 0 Å². The van der Waals surface area contributed by atoms with Crippen molar-refractivity contribution in [3.05, 3.63) is 24.3 Å². The zero-order chi connectivity index (χ0) is 12.8. The van der Waals surface area contributed by atoms with Gasteiger partial charge in [0.25, 0.3) is 0 Å². The van der Waals surface area contributed by atoms with E-state index in [4.69, 9.17) is 0 Å². The zero-order valence-electron chi connectivity index (χ0n) is 11.6. The first-order chi connectivity index (χ1) is 7.71. The van der Waals surface area contributed by atoms with Crippen molar-refractivity contribution in [1.29, 1.82) is 0 Å². The van der Waals surface area contributed by atoms with E-state index in [-0.39, 0.29) is 11.0 Å². The number of hydrogen-bond acceptors (Lipinski definition) is 2. The van der Waals surface area contributed by atoms with Crippen molar-refractivity contribution >= 4 is 11.0 Å². The molecule has 0 amide bonds. The highest BCUT2D eigenvalue weighted by atomic mass is 15.1. The quantitative estimate of drug-likeness (QED) is 0.695. The molecule has 3 nitrogen and oxygen atoms in total. The Morgan fingerprint density at radius 2 is 1.65 bits per heavy atom. The highest BCUT2D eigenvalue weighted by Gasteiger charge is 2.23. The Morgan fingerprint density at radius 3 is 2.18 bits per heavy atom. The molecule has 0 aliphatic carbocycles. The van der Waals surface area contributed by atoms with E-state index in [0.717, 1.165) is 16.7 Å². The third kappa shape index (κ3) is 2.06. The highest BCUT2D eigenvalue weighted by molar-refractivity contribution is 5.78. The van der Waals surface area contributed by atoms with Crippen LogP contribution in [-0.4, -0.2) is 14.5 Å². The molecular weight excluding hydrogens is 210 g/mol. The number of imidazole rings is 1. The van der Waals surface area contributed by atoms with Crippen LogP contribution in [-0.2, 0) is 11.0 Å². The first-order valence-corrected chi connectivity index (χ1v) is 6.04. The molecule has 0 saturated carbocycles. The van der Waals surface area contributed by atoms with E-state index in [0.29, 0.717) is 0 Å². The van der Waals surface area contributed by atoms with Gasteiger partial charge >= 0.3 is 0 Å². The van der Waals surface area contributed by atoms with Gasteiger partial charge in [0, 0.05) is 17.2 Å². The van der Waals surface area contributed by atoms with Crippen LogP contribution in [0.25, 0.3) is 11.0 Å². The van der Waals surface area contributed by atoms with E-state index < -0.39 is 0 Å². The van der Waals surface area contributed by atoms with Crippen LogP contribution in [0.2, 0.25) is 0 Å². The second kappa shape index (κ2) is 3.56. The highest BCUT2D eigenvalue weighted by Crippen LogP contribution is 2.29. The number of aromatic nitrogens is 3. The Kier molecular flexibility index (Phi) is 2.53. The molecule has 0 aliphatic rings. The molecule has 3 heteroatoms. The van der Waals surface area contributed by atoms with E-state index in [1.54, 1.807) is 0 Å². The summed E-state index contributed by atoms with van der Waals surface area (Å²) in [5.41, 5.74) is 3.33. The van der Waals surface area contributed by atoms with Gasteiger partial charge in [0.2, 0.25) is 0 Å². The van der Waals surface area contributed by atoms with Crippen molar-refractivity contribution in [3.63, 3.8) is 0 Å². The van der Waals surface area contributed by atoms with Crippen LogP contribution in [0, 0.1) is 0 Å². The maximum Gasteiger partial charge on any atom is 0.110 e. The standard InChI is InChI=1S/C14H21N3/c1-13(2,3)12-11-10(7-8-15-12)17(9-16-11)14(4,5)6/h7-9H,1-6H3. The summed E-state index contributed by atoms with van der Waals surface area (Å²) in [4.78, 5) is 9.05. The molecule has 2 aromatic heterocycles. The Labute approximate surface area is 103 Å². The van der Waals surface area contributed by atoms with Crippen molar-refractivity contribution in [1.82, 2.24) is 14.5 Å². The number of pyridine rings is 1. The van der Waals surface area contributed by atoms with Crippen molar-refractivity contribution in [3.8, 4) is 0 Å². The Morgan fingerprint density at radius 1 is 1.00 bits per heavy atom. The average molecular weight is 231 g/mol. The summed E-state index contributed by atoms with van der Waals surface area (Å²) >= 11 is 0. The maximum absolute atomic E-state index is 4.55. The SMILES string of the molecule is CC(C)(C)c1nccc2c1ncn2C(C)(C)C. The zero-order valence-corrected chi connectivity index (χ0v) is 11.6. The molecule has 0 N–H and O–H groups in total. The number of nitrogens with zero attached hydrogens (tertiary/aromatic N) is 3. The summed E-state index contributed by atoms with van der Waals surface area (Å²) in [6, 6.07) is 2.04. The summed E-state index contributed by atoms with van der Waals surface area (Å²) in [5.74, 6) is 0. The molecule has 2 aromatic rings. The van der Waals surface area contributed by atoms with E-state index in [1.807, 2.05) is 18.6 Å². The normalized spacial score (nSPS) is 13.3. The molecule has 0 fully saturated rings. The van der Waals surface area contributed by atoms with Crippen LogP contribution in [0.1, 0.15) is 47.2 Å². The van der Waals surface area contributed by atoms with Crippen molar-refractivity contribution in [2.24, 2.45) is 0 Å². The number of fused-ring (bicyclic) bond motifs is 1. The lowest BCUT2D eigenvalue weighted by molar-refractivity contribution is 0.408. The Hall–Kier alpha value is -1.38. The largest absolute Gasteiger partial charge is 0.325 e. The minimum Gasteiger partial charge on any atom is -0.325 e. The lowest BCUT2D eigenvalue weighted by atomic mass is 9.91. The molecule has 0 spiro atoms. The molecule has 17 heavy (non-hydrogen) atoms. The van der Waals surface area contributed by atoms with E-state index in [2.05, 4.69) is 56.1 Å². The Bertz CT molecular complexity index is 539. The van der Waals surface area contributed by atoms with Gasteiger partial charge in [0.1, 0.15) is 5.52 Å². The third-order valence-electron chi connectivity index (χ3n) is 2.90. The molecule has 2 rings (SSSR count). The molecule has 0 aliphatic heterocycles. The maximum atomic E-state index is 4.55. The fraction of sp³-hybridized carbons (Fsp3) is 0.571. The van der Waals surface area contributed by atoms with Crippen LogP contribution in [0.15, 0.2) is 18.6 Å². The lowest BCUT2D eigenvalue weighted by Gasteiger charge is -2.22. The first kappa shape index (κ1) is 12.1. The van der Waals surface area contributed by atoms with Crippen molar-refractivity contribution < 1.29 is 0 Å². The van der Waals surface area contributed by atoms with Crippen LogP contribution < -0.4 is 0 Å². The minimum absolute atomic E-state index is 0.0244.